The first-order valence-corrected chi connectivity index (χ1v) is 9.21. The van der Waals surface area contributed by atoms with Gasteiger partial charge in [-0.3, -0.25) is 9.48 Å². The molecular weight excluding hydrogens is 314 g/mol. The normalized spacial score (nSPS) is 23.0. The number of nitrogens with zero attached hydrogens (tertiary/aromatic N) is 2. The van der Waals surface area contributed by atoms with Gasteiger partial charge in [-0.1, -0.05) is 37.1 Å². The van der Waals surface area contributed by atoms with E-state index in [2.05, 4.69) is 10.4 Å². The Bertz CT molecular complexity index is 792. The summed E-state index contributed by atoms with van der Waals surface area (Å²) in [6.45, 7) is 2.19. The van der Waals surface area contributed by atoms with Crippen molar-refractivity contribution in [3.05, 3.63) is 52.8 Å². The van der Waals surface area contributed by atoms with E-state index in [1.807, 2.05) is 35.9 Å². The van der Waals surface area contributed by atoms with Gasteiger partial charge in [0.25, 0.3) is 5.91 Å². The molecule has 132 valence electrons. The quantitative estimate of drug-likeness (QED) is 0.900. The van der Waals surface area contributed by atoms with Gasteiger partial charge >= 0.3 is 0 Å². The van der Waals surface area contributed by atoms with Gasteiger partial charge in [0.2, 0.25) is 0 Å². The standard InChI is InChI=1S/C20H25N3O2/c1-14-17(12-22-23(14)16-7-3-4-8-16)19(24)21-13-20(25)11-10-15-6-2-5-9-18(15)20/h2,5-6,9,12,16,25H,3-4,7-8,10-11,13H2,1H3,(H,21,24). The van der Waals surface area contributed by atoms with Gasteiger partial charge in [-0.25, -0.2) is 0 Å². The second-order valence-electron chi connectivity index (χ2n) is 7.40. The zero-order chi connectivity index (χ0) is 17.4. The highest BCUT2D eigenvalue weighted by molar-refractivity contribution is 5.95. The average molecular weight is 339 g/mol. The summed E-state index contributed by atoms with van der Waals surface area (Å²) in [6.07, 6.45) is 7.90. The molecule has 25 heavy (non-hydrogen) atoms. The van der Waals surface area contributed by atoms with Crippen LogP contribution in [0.5, 0.6) is 0 Å². The van der Waals surface area contributed by atoms with Crippen molar-refractivity contribution in [1.82, 2.24) is 15.1 Å². The fraction of sp³-hybridized carbons (Fsp3) is 0.500. The molecule has 1 fully saturated rings. The molecule has 1 aromatic carbocycles. The lowest BCUT2D eigenvalue weighted by Crippen LogP contribution is -2.39. The fourth-order valence-electron chi connectivity index (χ4n) is 4.34. The van der Waals surface area contributed by atoms with E-state index in [4.69, 9.17) is 0 Å². The maximum atomic E-state index is 12.6. The summed E-state index contributed by atoms with van der Waals surface area (Å²) in [5.41, 5.74) is 2.67. The zero-order valence-corrected chi connectivity index (χ0v) is 14.7. The number of hydrogen-bond acceptors (Lipinski definition) is 3. The maximum absolute atomic E-state index is 12.6. The fourth-order valence-corrected chi connectivity index (χ4v) is 4.34. The molecule has 0 spiro atoms. The number of aryl methyl sites for hydroxylation is 1. The molecule has 4 rings (SSSR count). The number of nitrogens with one attached hydrogen (secondary N) is 1. The number of hydrogen-bond donors (Lipinski definition) is 2. The monoisotopic (exact) mass is 339 g/mol. The highest BCUT2D eigenvalue weighted by atomic mass is 16.3. The molecule has 0 radical (unpaired) electrons. The summed E-state index contributed by atoms with van der Waals surface area (Å²) in [6, 6.07) is 8.35. The van der Waals surface area contributed by atoms with E-state index in [-0.39, 0.29) is 12.5 Å². The lowest BCUT2D eigenvalue weighted by atomic mass is 9.96. The molecule has 1 atom stereocenters. The molecular formula is C20H25N3O2. The Morgan fingerprint density at radius 2 is 2.12 bits per heavy atom. The molecule has 0 bridgehead atoms. The molecule has 2 aromatic rings. The summed E-state index contributed by atoms with van der Waals surface area (Å²) >= 11 is 0. The van der Waals surface area contributed by atoms with Crippen LogP contribution in [0, 0.1) is 6.92 Å². The minimum absolute atomic E-state index is 0.153. The van der Waals surface area contributed by atoms with Crippen LogP contribution in [0.25, 0.3) is 0 Å². The molecule has 2 N–H and O–H groups in total. The Balaban J connectivity index is 1.46. The first-order valence-electron chi connectivity index (χ1n) is 9.21. The third kappa shape index (κ3) is 2.86. The number of rotatable bonds is 4. The van der Waals surface area contributed by atoms with Gasteiger partial charge in [-0.05, 0) is 43.7 Å². The van der Waals surface area contributed by atoms with E-state index in [0.717, 1.165) is 30.5 Å². The first-order chi connectivity index (χ1) is 12.1. The Labute approximate surface area is 148 Å². The molecule has 1 unspecified atom stereocenters. The molecule has 0 aliphatic heterocycles. The number of carbonyl (C=O) groups is 1. The van der Waals surface area contributed by atoms with Crippen LogP contribution in [0.4, 0.5) is 0 Å². The number of amides is 1. The number of carbonyl (C=O) groups excluding carboxylic acids is 1. The van der Waals surface area contributed by atoms with Crippen LogP contribution in [0.3, 0.4) is 0 Å². The van der Waals surface area contributed by atoms with Gasteiger partial charge in [0.1, 0.15) is 5.60 Å². The summed E-state index contributed by atoms with van der Waals surface area (Å²) in [7, 11) is 0. The Morgan fingerprint density at radius 1 is 1.36 bits per heavy atom. The number of benzene rings is 1. The van der Waals surface area contributed by atoms with Crippen molar-refractivity contribution < 1.29 is 9.90 Å². The lowest BCUT2D eigenvalue weighted by molar-refractivity contribution is 0.0369. The van der Waals surface area contributed by atoms with E-state index in [0.29, 0.717) is 18.0 Å². The minimum atomic E-state index is -0.971. The van der Waals surface area contributed by atoms with Crippen molar-refractivity contribution in [2.24, 2.45) is 0 Å². The summed E-state index contributed by atoms with van der Waals surface area (Å²) < 4.78 is 2.00. The van der Waals surface area contributed by atoms with Crippen molar-refractivity contribution in [3.8, 4) is 0 Å². The van der Waals surface area contributed by atoms with E-state index in [1.54, 1.807) is 6.20 Å². The minimum Gasteiger partial charge on any atom is -0.383 e. The van der Waals surface area contributed by atoms with Crippen LogP contribution in [0.2, 0.25) is 0 Å². The number of fused-ring (bicyclic) bond motifs is 1. The lowest BCUT2D eigenvalue weighted by Gasteiger charge is -2.24. The van der Waals surface area contributed by atoms with Crippen LogP contribution < -0.4 is 5.32 Å². The molecule has 1 heterocycles. The molecule has 2 aliphatic carbocycles. The van der Waals surface area contributed by atoms with Crippen molar-refractivity contribution in [3.63, 3.8) is 0 Å². The summed E-state index contributed by atoms with van der Waals surface area (Å²) in [5.74, 6) is -0.153. The highest BCUT2D eigenvalue weighted by Gasteiger charge is 2.36. The molecule has 0 saturated heterocycles. The van der Waals surface area contributed by atoms with Crippen molar-refractivity contribution in [2.45, 2.75) is 57.1 Å². The first kappa shape index (κ1) is 16.3. The molecule has 5 nitrogen and oxygen atoms in total. The van der Waals surface area contributed by atoms with Gasteiger partial charge in [0.15, 0.2) is 0 Å². The molecule has 1 aromatic heterocycles. The number of aromatic nitrogens is 2. The van der Waals surface area contributed by atoms with Gasteiger partial charge in [0, 0.05) is 5.69 Å². The predicted octanol–water partition coefficient (Wildman–Crippen LogP) is 2.87. The molecule has 5 heteroatoms. The van der Waals surface area contributed by atoms with E-state index in [1.165, 1.54) is 18.4 Å². The second kappa shape index (κ2) is 6.30. The van der Waals surface area contributed by atoms with Crippen molar-refractivity contribution >= 4 is 5.91 Å². The summed E-state index contributed by atoms with van der Waals surface area (Å²) in [4.78, 5) is 12.6. The third-order valence-electron chi connectivity index (χ3n) is 5.83. The third-order valence-corrected chi connectivity index (χ3v) is 5.83. The van der Waals surface area contributed by atoms with Crippen LogP contribution >= 0.6 is 0 Å². The van der Waals surface area contributed by atoms with E-state index < -0.39 is 5.60 Å². The van der Waals surface area contributed by atoms with Crippen LogP contribution in [-0.4, -0.2) is 27.3 Å². The average Bonchev–Trinajstić information content (AvgIpc) is 3.33. The molecule has 2 aliphatic rings. The second-order valence-corrected chi connectivity index (χ2v) is 7.40. The molecule has 1 saturated carbocycles. The van der Waals surface area contributed by atoms with E-state index in [9.17, 15) is 9.90 Å². The summed E-state index contributed by atoms with van der Waals surface area (Å²) in [5, 5.41) is 18.3. The smallest absolute Gasteiger partial charge is 0.254 e. The molecule has 1 amide bonds. The van der Waals surface area contributed by atoms with Crippen molar-refractivity contribution in [1.29, 1.82) is 0 Å². The van der Waals surface area contributed by atoms with Crippen LogP contribution in [-0.2, 0) is 12.0 Å². The Hall–Kier alpha value is -2.14. The van der Waals surface area contributed by atoms with Crippen molar-refractivity contribution in [2.75, 3.05) is 6.54 Å². The topological polar surface area (TPSA) is 67.2 Å². The highest BCUT2D eigenvalue weighted by Crippen LogP contribution is 2.36. The Kier molecular flexibility index (Phi) is 4.12. The number of aliphatic hydroxyl groups is 1. The van der Waals surface area contributed by atoms with Gasteiger partial charge < -0.3 is 10.4 Å². The largest absolute Gasteiger partial charge is 0.383 e. The Morgan fingerprint density at radius 3 is 2.92 bits per heavy atom. The van der Waals surface area contributed by atoms with Crippen LogP contribution in [0.1, 0.15) is 65.3 Å². The van der Waals surface area contributed by atoms with Gasteiger partial charge in [-0.15, -0.1) is 0 Å². The maximum Gasteiger partial charge on any atom is 0.254 e. The SMILES string of the molecule is Cc1c(C(=O)NCC2(O)CCc3ccccc32)cnn1C1CCCC1. The van der Waals surface area contributed by atoms with Gasteiger partial charge in [0.05, 0.1) is 24.3 Å². The van der Waals surface area contributed by atoms with Crippen LogP contribution in [0.15, 0.2) is 30.5 Å². The van der Waals surface area contributed by atoms with Gasteiger partial charge in [-0.2, -0.15) is 5.10 Å². The predicted molar refractivity (Wildman–Crippen MR) is 95.5 cm³/mol. The zero-order valence-electron chi connectivity index (χ0n) is 14.7. The van der Waals surface area contributed by atoms with E-state index >= 15 is 0 Å².